The van der Waals surface area contributed by atoms with E-state index in [1.165, 1.54) is 0 Å². The molecule has 0 aliphatic heterocycles. The van der Waals surface area contributed by atoms with Gasteiger partial charge in [-0.05, 0) is 55.7 Å². The number of aliphatic hydroxyl groups excluding tert-OH is 1. The van der Waals surface area contributed by atoms with Gasteiger partial charge in [-0.2, -0.15) is 0 Å². The van der Waals surface area contributed by atoms with Crippen molar-refractivity contribution in [2.75, 3.05) is 6.61 Å². The largest absolute Gasteiger partial charge is 0.467 e. The molecule has 158 valence electrons. The summed E-state index contributed by atoms with van der Waals surface area (Å²) >= 11 is 0. The smallest absolute Gasteiger partial charge is 0.314 e. The van der Waals surface area contributed by atoms with Gasteiger partial charge in [-0.1, -0.05) is 49.4 Å². The van der Waals surface area contributed by atoms with Crippen LogP contribution in [-0.4, -0.2) is 28.4 Å². The number of nitrogens with zero attached hydrogens (tertiary/aromatic N) is 1. The molecule has 0 bridgehead atoms. The number of carbonyl (C=O) groups excluding carboxylic acids is 1. The lowest BCUT2D eigenvalue weighted by Gasteiger charge is -2.36. The van der Waals surface area contributed by atoms with Gasteiger partial charge in [0, 0.05) is 12.4 Å². The summed E-state index contributed by atoms with van der Waals surface area (Å²) in [5.41, 5.74) is 1.09. The Hall–Kier alpha value is -3.05. The highest BCUT2D eigenvalue weighted by Gasteiger charge is 2.46. The molecule has 3 atom stereocenters. The number of aliphatic hydroxyl groups is 1. The SMILES string of the molecule is CCOC(=O)C(C)(CC)C(O)C(Oc1ccc(-c2ccccc2)cc1)n1cccc1. The quantitative estimate of drug-likeness (QED) is 0.503. The lowest BCUT2D eigenvalue weighted by Crippen LogP contribution is -2.47. The number of hydrogen-bond acceptors (Lipinski definition) is 4. The standard InChI is InChI=1S/C25H29NO4/c1-4-25(3,24(28)29-5-2)22(27)23(26-17-9-10-18-26)30-21-15-13-20(14-16-21)19-11-7-6-8-12-19/h6-18,22-23,27H,4-5H2,1-3H3. The summed E-state index contributed by atoms with van der Waals surface area (Å²) in [5.74, 6) is 0.176. The van der Waals surface area contributed by atoms with E-state index in [-0.39, 0.29) is 6.61 Å². The monoisotopic (exact) mass is 407 g/mol. The fraction of sp³-hybridized carbons (Fsp3) is 0.320. The Morgan fingerprint density at radius 3 is 2.13 bits per heavy atom. The molecule has 0 fully saturated rings. The molecule has 30 heavy (non-hydrogen) atoms. The summed E-state index contributed by atoms with van der Waals surface area (Å²) in [6, 6.07) is 21.5. The summed E-state index contributed by atoms with van der Waals surface area (Å²) < 4.78 is 13.2. The predicted molar refractivity (Wildman–Crippen MR) is 117 cm³/mol. The molecule has 2 aromatic carbocycles. The Labute approximate surface area is 177 Å². The first-order chi connectivity index (χ1) is 14.5. The third-order valence-corrected chi connectivity index (χ3v) is 5.54. The van der Waals surface area contributed by atoms with Crippen molar-refractivity contribution in [2.45, 2.75) is 39.5 Å². The molecule has 1 heterocycles. The number of hydrogen-bond donors (Lipinski definition) is 1. The van der Waals surface area contributed by atoms with Gasteiger partial charge in [0.15, 0.2) is 0 Å². The zero-order chi connectivity index (χ0) is 21.6. The van der Waals surface area contributed by atoms with Crippen LogP contribution in [0.15, 0.2) is 79.1 Å². The Kier molecular flexibility index (Phi) is 6.95. The Morgan fingerprint density at radius 1 is 0.967 bits per heavy atom. The number of aromatic nitrogens is 1. The zero-order valence-electron chi connectivity index (χ0n) is 17.7. The number of ether oxygens (including phenoxy) is 2. The highest BCUT2D eigenvalue weighted by atomic mass is 16.5. The minimum Gasteiger partial charge on any atom is -0.467 e. The predicted octanol–water partition coefficient (Wildman–Crippen LogP) is 5.07. The van der Waals surface area contributed by atoms with Crippen molar-refractivity contribution in [3.63, 3.8) is 0 Å². The van der Waals surface area contributed by atoms with Crippen molar-refractivity contribution in [3.8, 4) is 16.9 Å². The highest BCUT2D eigenvalue weighted by Crippen LogP contribution is 2.36. The Bertz CT molecular complexity index is 922. The molecule has 0 spiro atoms. The highest BCUT2D eigenvalue weighted by molar-refractivity contribution is 5.77. The van der Waals surface area contributed by atoms with Crippen LogP contribution < -0.4 is 4.74 Å². The van der Waals surface area contributed by atoms with E-state index < -0.39 is 23.7 Å². The topological polar surface area (TPSA) is 60.7 Å². The molecule has 3 unspecified atom stereocenters. The van der Waals surface area contributed by atoms with Crippen molar-refractivity contribution in [2.24, 2.45) is 5.41 Å². The van der Waals surface area contributed by atoms with Crippen LogP contribution in [0.5, 0.6) is 5.75 Å². The molecule has 0 saturated heterocycles. The molecule has 3 rings (SSSR count). The van der Waals surface area contributed by atoms with Gasteiger partial charge in [-0.25, -0.2) is 0 Å². The normalized spacial score (nSPS) is 15.1. The van der Waals surface area contributed by atoms with E-state index in [1.54, 1.807) is 18.4 Å². The van der Waals surface area contributed by atoms with Crippen molar-refractivity contribution in [3.05, 3.63) is 79.1 Å². The van der Waals surface area contributed by atoms with Crippen molar-refractivity contribution in [1.29, 1.82) is 0 Å². The lowest BCUT2D eigenvalue weighted by molar-refractivity contribution is -0.170. The molecule has 0 amide bonds. The molecule has 5 nitrogen and oxygen atoms in total. The van der Waals surface area contributed by atoms with E-state index in [9.17, 15) is 9.90 Å². The van der Waals surface area contributed by atoms with Crippen LogP contribution >= 0.6 is 0 Å². The molecule has 1 N–H and O–H groups in total. The van der Waals surface area contributed by atoms with Gasteiger partial charge in [-0.3, -0.25) is 4.79 Å². The van der Waals surface area contributed by atoms with Crippen molar-refractivity contribution in [1.82, 2.24) is 4.57 Å². The summed E-state index contributed by atoms with van der Waals surface area (Å²) in [5, 5.41) is 11.2. The van der Waals surface area contributed by atoms with E-state index >= 15 is 0 Å². The van der Waals surface area contributed by atoms with Crippen LogP contribution in [0.25, 0.3) is 11.1 Å². The summed E-state index contributed by atoms with van der Waals surface area (Å²) in [6.45, 7) is 5.60. The second kappa shape index (κ2) is 9.63. The molecule has 3 aromatic rings. The van der Waals surface area contributed by atoms with Crippen LogP contribution in [0, 0.1) is 5.41 Å². The van der Waals surface area contributed by atoms with Crippen molar-refractivity contribution < 1.29 is 19.4 Å². The number of rotatable bonds is 9. The van der Waals surface area contributed by atoms with Gasteiger partial charge in [0.1, 0.15) is 11.9 Å². The molecule has 0 aliphatic carbocycles. The van der Waals surface area contributed by atoms with Gasteiger partial charge in [0.25, 0.3) is 0 Å². The molecule has 0 aliphatic rings. The van der Waals surface area contributed by atoms with Gasteiger partial charge in [-0.15, -0.1) is 0 Å². The molecule has 1 aromatic heterocycles. The molecule has 5 heteroatoms. The van der Waals surface area contributed by atoms with Crippen LogP contribution in [-0.2, 0) is 9.53 Å². The first-order valence-electron chi connectivity index (χ1n) is 10.3. The molecule has 0 radical (unpaired) electrons. The first-order valence-corrected chi connectivity index (χ1v) is 10.3. The van der Waals surface area contributed by atoms with Crippen LogP contribution in [0.1, 0.15) is 33.4 Å². The van der Waals surface area contributed by atoms with E-state index in [0.717, 1.165) is 11.1 Å². The Balaban J connectivity index is 1.87. The number of esters is 1. The fourth-order valence-corrected chi connectivity index (χ4v) is 3.39. The van der Waals surface area contributed by atoms with Gasteiger partial charge in [0.2, 0.25) is 6.23 Å². The molecular formula is C25H29NO4. The van der Waals surface area contributed by atoms with E-state index in [1.807, 2.05) is 86.0 Å². The number of carbonyl (C=O) groups is 1. The van der Waals surface area contributed by atoms with Crippen LogP contribution in [0.4, 0.5) is 0 Å². The maximum absolute atomic E-state index is 12.6. The summed E-state index contributed by atoms with van der Waals surface area (Å²) in [4.78, 5) is 12.6. The third kappa shape index (κ3) is 4.57. The average molecular weight is 408 g/mol. The van der Waals surface area contributed by atoms with E-state index in [0.29, 0.717) is 12.2 Å². The third-order valence-electron chi connectivity index (χ3n) is 5.54. The zero-order valence-corrected chi connectivity index (χ0v) is 17.7. The minimum atomic E-state index is -1.11. The first kappa shape index (κ1) is 21.7. The maximum atomic E-state index is 12.6. The van der Waals surface area contributed by atoms with E-state index in [4.69, 9.17) is 9.47 Å². The maximum Gasteiger partial charge on any atom is 0.314 e. The summed E-state index contributed by atoms with van der Waals surface area (Å²) in [7, 11) is 0. The van der Waals surface area contributed by atoms with Crippen LogP contribution in [0.3, 0.4) is 0 Å². The van der Waals surface area contributed by atoms with Gasteiger partial charge in [0.05, 0.1) is 12.0 Å². The van der Waals surface area contributed by atoms with E-state index in [2.05, 4.69) is 0 Å². The second-order valence-electron chi connectivity index (χ2n) is 7.47. The number of benzene rings is 2. The van der Waals surface area contributed by atoms with Gasteiger partial charge < -0.3 is 19.1 Å². The molecular weight excluding hydrogens is 378 g/mol. The molecule has 0 saturated carbocycles. The lowest BCUT2D eigenvalue weighted by atomic mass is 9.80. The van der Waals surface area contributed by atoms with Crippen LogP contribution in [0.2, 0.25) is 0 Å². The van der Waals surface area contributed by atoms with Crippen molar-refractivity contribution >= 4 is 5.97 Å². The fourth-order valence-electron chi connectivity index (χ4n) is 3.39. The summed E-state index contributed by atoms with van der Waals surface area (Å²) in [6.07, 6.45) is 2.15. The second-order valence-corrected chi connectivity index (χ2v) is 7.47. The van der Waals surface area contributed by atoms with Gasteiger partial charge >= 0.3 is 5.97 Å². The Morgan fingerprint density at radius 2 is 1.57 bits per heavy atom. The minimum absolute atomic E-state index is 0.261. The average Bonchev–Trinajstić information content (AvgIpc) is 3.32.